The lowest BCUT2D eigenvalue weighted by atomic mass is 10.1. The molecule has 1 aliphatic rings. The minimum atomic E-state index is 0.717. The number of benzene rings is 1. The van der Waals surface area contributed by atoms with E-state index in [0.717, 1.165) is 55.1 Å². The lowest BCUT2D eigenvalue weighted by Gasteiger charge is -2.35. The average molecular weight is 354 g/mol. The van der Waals surface area contributed by atoms with Crippen LogP contribution in [0.3, 0.4) is 0 Å². The first-order valence-electron chi connectivity index (χ1n) is 8.49. The van der Waals surface area contributed by atoms with Gasteiger partial charge in [-0.15, -0.1) is 0 Å². The maximum Gasteiger partial charge on any atom is 0.140 e. The third-order valence-electron chi connectivity index (χ3n) is 4.76. The fraction of sp³-hybridized carbons (Fsp3) is 0.316. The van der Waals surface area contributed by atoms with E-state index < -0.39 is 0 Å². The van der Waals surface area contributed by atoms with E-state index in [4.69, 9.17) is 11.6 Å². The lowest BCUT2D eigenvalue weighted by Crippen LogP contribution is -2.46. The normalized spacial score (nSPS) is 15.7. The van der Waals surface area contributed by atoms with Gasteiger partial charge in [-0.25, -0.2) is 9.97 Å². The standard InChI is InChI=1S/C19H20ClN5/c1-14-15(3-2-6-21-14)12-24-7-9-25(10-8-24)19-17-11-16(20)4-5-18(17)22-13-23-19/h2-6,11,13H,7-10,12H2,1H3. The molecule has 0 N–H and O–H groups in total. The summed E-state index contributed by atoms with van der Waals surface area (Å²) in [5, 5.41) is 1.74. The maximum atomic E-state index is 6.17. The summed E-state index contributed by atoms with van der Waals surface area (Å²) < 4.78 is 0. The quantitative estimate of drug-likeness (QED) is 0.722. The Kier molecular flexibility index (Phi) is 4.51. The molecule has 0 radical (unpaired) electrons. The summed E-state index contributed by atoms with van der Waals surface area (Å²) in [7, 11) is 0. The summed E-state index contributed by atoms with van der Waals surface area (Å²) in [6.45, 7) is 6.91. The van der Waals surface area contributed by atoms with E-state index in [1.807, 2.05) is 30.5 Å². The highest BCUT2D eigenvalue weighted by Gasteiger charge is 2.20. The first kappa shape index (κ1) is 16.2. The molecule has 0 saturated carbocycles. The van der Waals surface area contributed by atoms with E-state index in [9.17, 15) is 0 Å². The molecule has 128 valence electrons. The Morgan fingerprint density at radius 2 is 1.88 bits per heavy atom. The van der Waals surface area contributed by atoms with Gasteiger partial charge in [0, 0.05) is 55.0 Å². The largest absolute Gasteiger partial charge is 0.353 e. The van der Waals surface area contributed by atoms with Gasteiger partial charge in [0.2, 0.25) is 0 Å². The Morgan fingerprint density at radius 1 is 1.04 bits per heavy atom. The van der Waals surface area contributed by atoms with Crippen LogP contribution in [0.1, 0.15) is 11.3 Å². The summed E-state index contributed by atoms with van der Waals surface area (Å²) in [4.78, 5) is 18.0. The van der Waals surface area contributed by atoms with Crippen molar-refractivity contribution in [2.45, 2.75) is 13.5 Å². The van der Waals surface area contributed by atoms with Crippen molar-refractivity contribution in [1.82, 2.24) is 19.9 Å². The third kappa shape index (κ3) is 3.43. The lowest BCUT2D eigenvalue weighted by molar-refractivity contribution is 0.249. The van der Waals surface area contributed by atoms with Gasteiger partial charge in [0.1, 0.15) is 12.1 Å². The van der Waals surface area contributed by atoms with Crippen molar-refractivity contribution in [3.05, 3.63) is 59.1 Å². The first-order valence-corrected chi connectivity index (χ1v) is 8.86. The number of rotatable bonds is 3. The van der Waals surface area contributed by atoms with Crippen molar-refractivity contribution in [2.24, 2.45) is 0 Å². The minimum Gasteiger partial charge on any atom is -0.353 e. The summed E-state index contributed by atoms with van der Waals surface area (Å²) in [5.41, 5.74) is 3.35. The summed E-state index contributed by atoms with van der Waals surface area (Å²) >= 11 is 6.17. The average Bonchev–Trinajstić information content (AvgIpc) is 2.64. The second kappa shape index (κ2) is 6.94. The second-order valence-corrected chi connectivity index (χ2v) is 6.81. The number of piperazine rings is 1. The Morgan fingerprint density at radius 3 is 2.68 bits per heavy atom. The van der Waals surface area contributed by atoms with Crippen molar-refractivity contribution in [3.63, 3.8) is 0 Å². The molecule has 0 unspecified atom stereocenters. The number of pyridine rings is 1. The highest BCUT2D eigenvalue weighted by Crippen LogP contribution is 2.26. The van der Waals surface area contributed by atoms with Gasteiger partial charge in [0.15, 0.2) is 0 Å². The van der Waals surface area contributed by atoms with Gasteiger partial charge in [0.05, 0.1) is 5.52 Å². The Hall–Kier alpha value is -2.24. The molecule has 25 heavy (non-hydrogen) atoms. The molecule has 2 aromatic heterocycles. The van der Waals surface area contributed by atoms with E-state index in [1.54, 1.807) is 6.33 Å². The van der Waals surface area contributed by atoms with Crippen LogP contribution in [0, 0.1) is 6.92 Å². The van der Waals surface area contributed by atoms with Crippen molar-refractivity contribution in [2.75, 3.05) is 31.1 Å². The molecule has 0 amide bonds. The molecule has 0 aliphatic carbocycles. The van der Waals surface area contributed by atoms with E-state index in [0.29, 0.717) is 5.02 Å². The molecule has 3 heterocycles. The summed E-state index contributed by atoms with van der Waals surface area (Å²) in [6, 6.07) is 9.95. The molecule has 4 rings (SSSR count). The topological polar surface area (TPSA) is 45.2 Å². The van der Waals surface area contributed by atoms with Gasteiger partial charge >= 0.3 is 0 Å². The van der Waals surface area contributed by atoms with Crippen molar-refractivity contribution >= 4 is 28.3 Å². The molecule has 1 fully saturated rings. The zero-order chi connectivity index (χ0) is 17.2. The van der Waals surface area contributed by atoms with E-state index in [2.05, 4.69) is 37.7 Å². The molecule has 6 heteroatoms. The molecular weight excluding hydrogens is 334 g/mol. The Bertz CT molecular complexity index is 890. The number of hydrogen-bond acceptors (Lipinski definition) is 5. The number of halogens is 1. The van der Waals surface area contributed by atoms with Gasteiger partial charge in [-0.1, -0.05) is 17.7 Å². The molecule has 3 aromatic rings. The molecular formula is C19H20ClN5. The molecule has 1 aliphatic heterocycles. The van der Waals surface area contributed by atoms with Crippen molar-refractivity contribution in [3.8, 4) is 0 Å². The van der Waals surface area contributed by atoms with Gasteiger partial charge in [-0.05, 0) is 36.8 Å². The third-order valence-corrected chi connectivity index (χ3v) is 4.99. The summed E-state index contributed by atoms with van der Waals surface area (Å²) in [6.07, 6.45) is 3.49. The van der Waals surface area contributed by atoms with Gasteiger partial charge in [-0.2, -0.15) is 0 Å². The number of aryl methyl sites for hydroxylation is 1. The first-order chi connectivity index (χ1) is 12.2. The van der Waals surface area contributed by atoms with Crippen LogP contribution in [0.4, 0.5) is 5.82 Å². The van der Waals surface area contributed by atoms with E-state index >= 15 is 0 Å². The molecule has 0 atom stereocenters. The predicted molar refractivity (Wildman–Crippen MR) is 101 cm³/mol. The number of anilines is 1. The molecule has 1 aromatic carbocycles. The van der Waals surface area contributed by atoms with Gasteiger partial charge in [0.25, 0.3) is 0 Å². The van der Waals surface area contributed by atoms with Crippen LogP contribution in [0.5, 0.6) is 0 Å². The monoisotopic (exact) mass is 353 g/mol. The van der Waals surface area contributed by atoms with Crippen LogP contribution in [-0.4, -0.2) is 46.0 Å². The van der Waals surface area contributed by atoms with Crippen LogP contribution in [0.2, 0.25) is 5.02 Å². The van der Waals surface area contributed by atoms with Crippen molar-refractivity contribution < 1.29 is 0 Å². The van der Waals surface area contributed by atoms with Crippen LogP contribution in [0.25, 0.3) is 10.9 Å². The fourth-order valence-electron chi connectivity index (χ4n) is 3.31. The number of aromatic nitrogens is 3. The second-order valence-electron chi connectivity index (χ2n) is 6.37. The summed E-state index contributed by atoms with van der Waals surface area (Å²) in [5.74, 6) is 0.977. The number of nitrogens with zero attached hydrogens (tertiary/aromatic N) is 5. The predicted octanol–water partition coefficient (Wildman–Crippen LogP) is 3.31. The molecule has 1 saturated heterocycles. The highest BCUT2D eigenvalue weighted by molar-refractivity contribution is 6.31. The van der Waals surface area contributed by atoms with Crippen LogP contribution in [0.15, 0.2) is 42.9 Å². The van der Waals surface area contributed by atoms with Crippen molar-refractivity contribution in [1.29, 1.82) is 0 Å². The van der Waals surface area contributed by atoms with Crippen LogP contribution < -0.4 is 4.90 Å². The smallest absolute Gasteiger partial charge is 0.140 e. The zero-order valence-corrected chi connectivity index (χ0v) is 14.9. The Labute approximate surface area is 152 Å². The highest BCUT2D eigenvalue weighted by atomic mass is 35.5. The molecule has 0 spiro atoms. The molecule has 5 nitrogen and oxygen atoms in total. The number of fused-ring (bicyclic) bond motifs is 1. The Balaban J connectivity index is 1.49. The fourth-order valence-corrected chi connectivity index (χ4v) is 3.48. The molecule has 0 bridgehead atoms. The van der Waals surface area contributed by atoms with Crippen LogP contribution in [-0.2, 0) is 6.54 Å². The van der Waals surface area contributed by atoms with E-state index in [-0.39, 0.29) is 0 Å². The van der Waals surface area contributed by atoms with Crippen LogP contribution >= 0.6 is 11.6 Å². The number of hydrogen-bond donors (Lipinski definition) is 0. The SMILES string of the molecule is Cc1ncccc1CN1CCN(c2ncnc3ccc(Cl)cc23)CC1. The minimum absolute atomic E-state index is 0.717. The van der Waals surface area contributed by atoms with E-state index in [1.165, 1.54) is 5.56 Å². The maximum absolute atomic E-state index is 6.17. The zero-order valence-electron chi connectivity index (χ0n) is 14.2. The van der Waals surface area contributed by atoms with Gasteiger partial charge < -0.3 is 4.90 Å². The van der Waals surface area contributed by atoms with Gasteiger partial charge in [-0.3, -0.25) is 9.88 Å².